The Balaban J connectivity index is 1.77. The molecule has 1 fully saturated rings. The highest BCUT2D eigenvalue weighted by Crippen LogP contribution is 2.32. The number of ether oxygens (including phenoxy) is 2. The minimum Gasteiger partial charge on any atom is -0.462 e. The van der Waals surface area contributed by atoms with Crippen molar-refractivity contribution in [3.63, 3.8) is 0 Å². The lowest BCUT2D eigenvalue weighted by atomic mass is 10.2. The number of aromatic nitrogens is 2. The molecule has 0 saturated carbocycles. The first kappa shape index (κ1) is 21.1. The number of H-pyrrole nitrogens is 1. The molecule has 0 spiro atoms. The van der Waals surface area contributed by atoms with Gasteiger partial charge in [0.2, 0.25) is 0 Å². The molecule has 26 heavy (non-hydrogen) atoms. The van der Waals surface area contributed by atoms with Crippen LogP contribution in [0.3, 0.4) is 0 Å². The number of alkyl halides is 1. The first-order chi connectivity index (χ1) is 12.3. The average Bonchev–Trinajstić information content (AvgIpc) is 2.91. The van der Waals surface area contributed by atoms with E-state index >= 15 is 0 Å². The third kappa shape index (κ3) is 5.89. The molecule has 2 rings (SSSR count). The van der Waals surface area contributed by atoms with Crippen LogP contribution in [0.25, 0.3) is 0 Å². The molecular weight excluding hydrogens is 385 g/mol. The lowest BCUT2D eigenvalue weighted by molar-refractivity contribution is -0.148. The summed E-state index contributed by atoms with van der Waals surface area (Å²) in [4.78, 5) is 36.8. The van der Waals surface area contributed by atoms with Crippen LogP contribution in [0.1, 0.15) is 33.4 Å². The molecule has 5 unspecified atom stereocenters. The van der Waals surface area contributed by atoms with E-state index in [0.29, 0.717) is 6.42 Å². The lowest BCUT2D eigenvalue weighted by Crippen LogP contribution is -2.34. The van der Waals surface area contributed by atoms with Crippen molar-refractivity contribution in [1.82, 2.24) is 14.6 Å². The Morgan fingerprint density at radius 2 is 2.23 bits per heavy atom. The fourth-order valence-electron chi connectivity index (χ4n) is 2.34. The minimum atomic E-state index is -0.675. The Morgan fingerprint density at radius 1 is 1.50 bits per heavy atom. The predicted molar refractivity (Wildman–Crippen MR) is 97.6 cm³/mol. The van der Waals surface area contributed by atoms with E-state index in [1.807, 2.05) is 0 Å². The summed E-state index contributed by atoms with van der Waals surface area (Å²) in [6, 6.07) is 0.759. The molecule has 0 aromatic carbocycles. The van der Waals surface area contributed by atoms with Crippen molar-refractivity contribution in [3.05, 3.63) is 33.1 Å². The fraction of sp³-hybridized carbons (Fsp3) is 0.667. The number of carbonyl (C=O) groups excluding carboxylic acids is 1. The van der Waals surface area contributed by atoms with E-state index in [4.69, 9.17) is 25.6 Å². The Hall–Kier alpha value is -1.25. The molecule has 9 nitrogen and oxygen atoms in total. The van der Waals surface area contributed by atoms with Crippen LogP contribution in [-0.4, -0.2) is 45.8 Å². The molecule has 11 heteroatoms. The first-order valence-corrected chi connectivity index (χ1v) is 9.56. The van der Waals surface area contributed by atoms with Crippen LogP contribution in [0.5, 0.6) is 0 Å². The highest BCUT2D eigenvalue weighted by atomic mass is 35.5. The molecule has 1 aliphatic rings. The van der Waals surface area contributed by atoms with Crippen molar-refractivity contribution in [2.24, 2.45) is 0 Å². The molecule has 0 radical (unpaired) electrons. The van der Waals surface area contributed by atoms with E-state index in [1.165, 1.54) is 16.8 Å². The number of nitrogens with one attached hydrogen (secondary N) is 2. The van der Waals surface area contributed by atoms with Gasteiger partial charge in [0.25, 0.3) is 5.56 Å². The van der Waals surface area contributed by atoms with E-state index in [0.717, 1.165) is 0 Å². The summed E-state index contributed by atoms with van der Waals surface area (Å²) in [6.07, 6.45) is 0.708. The van der Waals surface area contributed by atoms with Gasteiger partial charge in [-0.15, -0.1) is 11.6 Å². The molecule has 1 aromatic heterocycles. The molecule has 2 heterocycles. The Labute approximate surface area is 157 Å². The molecule has 1 saturated heterocycles. The largest absolute Gasteiger partial charge is 0.462 e. The molecule has 5 atom stereocenters. The number of hydrogen-bond acceptors (Lipinski definition) is 7. The standard InChI is InChI=1S/C15H23ClN3O6P/c1-8(2)24-14(21)9(3)18-26-23-7-10-6-11(16)13(25-10)19-5-4-12(20)17-15(19)22/h4-5,8-11,13,18,26H,6-7H2,1-3H3,(H,17,20,22). The van der Waals surface area contributed by atoms with Gasteiger partial charge >= 0.3 is 11.7 Å². The van der Waals surface area contributed by atoms with Crippen LogP contribution in [0.2, 0.25) is 0 Å². The van der Waals surface area contributed by atoms with Crippen molar-refractivity contribution in [2.75, 3.05) is 6.61 Å². The zero-order valence-corrected chi connectivity index (χ0v) is 16.5. The molecule has 0 amide bonds. The predicted octanol–water partition coefficient (Wildman–Crippen LogP) is 0.886. The highest BCUT2D eigenvalue weighted by molar-refractivity contribution is 7.29. The molecule has 2 N–H and O–H groups in total. The summed E-state index contributed by atoms with van der Waals surface area (Å²) in [5.41, 5.74) is -1.05. The van der Waals surface area contributed by atoms with Gasteiger partial charge in [-0.25, -0.2) is 4.79 Å². The Kier molecular flexibility index (Phi) is 7.79. The maximum Gasteiger partial charge on any atom is 0.330 e. The second-order valence-electron chi connectivity index (χ2n) is 6.18. The van der Waals surface area contributed by atoms with E-state index in [1.54, 1.807) is 20.8 Å². The highest BCUT2D eigenvalue weighted by Gasteiger charge is 2.35. The maximum absolute atomic E-state index is 11.8. The number of carbonyl (C=O) groups is 1. The van der Waals surface area contributed by atoms with Gasteiger partial charge in [0, 0.05) is 12.3 Å². The van der Waals surface area contributed by atoms with Gasteiger partial charge in [-0.05, 0) is 27.2 Å². The molecule has 0 bridgehead atoms. The van der Waals surface area contributed by atoms with Gasteiger partial charge in [0.1, 0.15) is 6.04 Å². The van der Waals surface area contributed by atoms with E-state index in [9.17, 15) is 14.4 Å². The molecule has 0 aliphatic carbocycles. The normalized spacial score (nSPS) is 24.4. The third-order valence-corrected chi connectivity index (χ3v) is 4.83. The van der Waals surface area contributed by atoms with Crippen LogP contribution >= 0.6 is 20.6 Å². The van der Waals surface area contributed by atoms with E-state index in [2.05, 4.69) is 10.1 Å². The maximum atomic E-state index is 11.8. The summed E-state index contributed by atoms with van der Waals surface area (Å²) in [5.74, 6) is -0.341. The number of nitrogens with zero attached hydrogens (tertiary/aromatic N) is 1. The minimum absolute atomic E-state index is 0.115. The summed E-state index contributed by atoms with van der Waals surface area (Å²) in [6.45, 7) is 5.52. The molecule has 1 aromatic rings. The van der Waals surface area contributed by atoms with Gasteiger partial charge in [-0.3, -0.25) is 24.2 Å². The van der Waals surface area contributed by atoms with Crippen molar-refractivity contribution < 1.29 is 18.8 Å². The summed E-state index contributed by atoms with van der Waals surface area (Å²) < 4.78 is 17.6. The average molecular weight is 408 g/mol. The molecule has 1 aliphatic heterocycles. The number of hydrogen-bond donors (Lipinski definition) is 2. The Bertz CT molecular complexity index is 724. The molecular formula is C15H23ClN3O6P. The van der Waals surface area contributed by atoms with Gasteiger partial charge < -0.3 is 14.0 Å². The number of aromatic amines is 1. The smallest absolute Gasteiger partial charge is 0.330 e. The van der Waals surface area contributed by atoms with Crippen LogP contribution in [0, 0.1) is 0 Å². The molecule has 146 valence electrons. The second kappa shape index (κ2) is 9.62. The van der Waals surface area contributed by atoms with Crippen molar-refractivity contribution in [2.45, 2.75) is 57.0 Å². The third-order valence-electron chi connectivity index (χ3n) is 3.58. The van der Waals surface area contributed by atoms with Gasteiger partial charge in [-0.1, -0.05) is 0 Å². The van der Waals surface area contributed by atoms with Gasteiger partial charge in [0.05, 0.1) is 33.2 Å². The van der Waals surface area contributed by atoms with Crippen molar-refractivity contribution in [3.8, 4) is 0 Å². The zero-order valence-electron chi connectivity index (χ0n) is 14.7. The zero-order chi connectivity index (χ0) is 19.3. The number of halogens is 1. The van der Waals surface area contributed by atoms with E-state index in [-0.39, 0.29) is 33.7 Å². The Morgan fingerprint density at radius 3 is 2.88 bits per heavy atom. The van der Waals surface area contributed by atoms with Crippen LogP contribution in [0.4, 0.5) is 0 Å². The number of esters is 1. The van der Waals surface area contributed by atoms with Crippen LogP contribution < -0.4 is 16.3 Å². The van der Waals surface area contributed by atoms with Gasteiger partial charge in [-0.2, -0.15) is 0 Å². The monoisotopic (exact) mass is 407 g/mol. The SMILES string of the molecule is CC(C)OC(=O)C(C)NPOCC1CC(Cl)C(n2ccc(=O)[nH]c2=O)O1. The first-order valence-electron chi connectivity index (χ1n) is 8.21. The summed E-state index contributed by atoms with van der Waals surface area (Å²) in [7, 11) is -0.115. The van der Waals surface area contributed by atoms with E-state index < -0.39 is 28.9 Å². The number of rotatable bonds is 8. The van der Waals surface area contributed by atoms with Crippen LogP contribution in [-0.2, 0) is 18.8 Å². The van der Waals surface area contributed by atoms with Crippen molar-refractivity contribution >= 4 is 26.5 Å². The van der Waals surface area contributed by atoms with Gasteiger partial charge in [0.15, 0.2) is 6.23 Å². The topological polar surface area (TPSA) is 112 Å². The van der Waals surface area contributed by atoms with Crippen molar-refractivity contribution in [1.29, 1.82) is 0 Å². The summed E-state index contributed by atoms with van der Waals surface area (Å²) in [5, 5.41) is 2.50. The van der Waals surface area contributed by atoms with Crippen LogP contribution in [0.15, 0.2) is 21.9 Å². The quantitative estimate of drug-likeness (QED) is 0.285. The lowest BCUT2D eigenvalue weighted by Gasteiger charge is -2.17. The second-order valence-corrected chi connectivity index (χ2v) is 7.52. The summed E-state index contributed by atoms with van der Waals surface area (Å²) >= 11 is 6.27. The fourth-order valence-corrected chi connectivity index (χ4v) is 3.37.